The summed E-state index contributed by atoms with van der Waals surface area (Å²) in [5.74, 6) is -0.958. The van der Waals surface area contributed by atoms with Crippen molar-refractivity contribution in [2.45, 2.75) is 63.6 Å². The third kappa shape index (κ3) is 6.10. The Labute approximate surface area is 194 Å². The highest BCUT2D eigenvalue weighted by atomic mass is 16.6. The van der Waals surface area contributed by atoms with E-state index in [2.05, 4.69) is 5.32 Å². The molecule has 1 amide bonds. The lowest BCUT2D eigenvalue weighted by atomic mass is 10.0. The van der Waals surface area contributed by atoms with Crippen LogP contribution in [0.15, 0.2) is 52.2 Å². The molecule has 0 aliphatic carbocycles. The van der Waals surface area contributed by atoms with Crippen molar-refractivity contribution in [3.63, 3.8) is 0 Å². The first kappa shape index (κ1) is 25.1. The molecule has 0 saturated carbocycles. The van der Waals surface area contributed by atoms with Crippen molar-refractivity contribution in [3.8, 4) is 0 Å². The number of nitrogens with one attached hydrogen (secondary N) is 2. The van der Waals surface area contributed by atoms with Crippen molar-refractivity contribution >= 4 is 12.1 Å². The summed E-state index contributed by atoms with van der Waals surface area (Å²) in [7, 11) is 0. The van der Waals surface area contributed by atoms with Gasteiger partial charge in [0.15, 0.2) is 12.3 Å². The molecule has 4 N–H and O–H groups in total. The van der Waals surface area contributed by atoms with Gasteiger partial charge in [-0.2, -0.15) is 0 Å². The number of aliphatic hydroxyl groups excluding tert-OH is 2. The number of hydrogen-bond acceptors (Lipinski definition) is 9. The number of alkyl carbamates (subject to hydrolysis) is 1. The van der Waals surface area contributed by atoms with Gasteiger partial charge in [-0.15, -0.1) is 0 Å². The minimum atomic E-state index is -1.70. The number of benzene rings is 1. The van der Waals surface area contributed by atoms with E-state index in [1.165, 1.54) is 0 Å². The van der Waals surface area contributed by atoms with Gasteiger partial charge in [-0.05, 0) is 26.3 Å². The first-order valence-corrected chi connectivity index (χ1v) is 10.5. The third-order valence-electron chi connectivity index (χ3n) is 4.88. The zero-order chi connectivity index (χ0) is 25.0. The Morgan fingerprint density at radius 2 is 1.82 bits per heavy atom. The highest BCUT2D eigenvalue weighted by Crippen LogP contribution is 2.30. The Morgan fingerprint density at radius 3 is 2.44 bits per heavy atom. The lowest BCUT2D eigenvalue weighted by Gasteiger charge is -2.27. The summed E-state index contributed by atoms with van der Waals surface area (Å²) in [4.78, 5) is 50.8. The maximum Gasteiger partial charge on any atom is 0.408 e. The van der Waals surface area contributed by atoms with Crippen LogP contribution >= 0.6 is 0 Å². The standard InChI is InChI=1S/C22H27N3O9/c1-22(2,3)34-21(31)24-14(19(29)32-11-12-7-5-4-6-8-12)17-15(27)16(28)18(33-17)25-10-9-13(26)23-20(25)30/h4-10,14-18,27-28H,11H2,1-3H3,(H,24,31)(H,23,26,30)/t14-,15-,16+,17+,18+/m0/s1. The third-order valence-corrected chi connectivity index (χ3v) is 4.88. The zero-order valence-electron chi connectivity index (χ0n) is 18.8. The normalized spacial score (nSPS) is 23.2. The Morgan fingerprint density at radius 1 is 1.15 bits per heavy atom. The molecule has 1 aliphatic rings. The minimum Gasteiger partial charge on any atom is -0.459 e. The predicted octanol–water partition coefficient (Wildman–Crippen LogP) is -0.207. The molecule has 1 fully saturated rings. The van der Waals surface area contributed by atoms with Gasteiger partial charge >= 0.3 is 17.8 Å². The van der Waals surface area contributed by atoms with Crippen LogP contribution in [0.5, 0.6) is 0 Å². The minimum absolute atomic E-state index is 0.125. The van der Waals surface area contributed by atoms with Crippen molar-refractivity contribution in [2.24, 2.45) is 0 Å². The summed E-state index contributed by atoms with van der Waals surface area (Å²) < 4.78 is 17.0. The molecule has 2 aromatic rings. The molecule has 0 unspecified atom stereocenters. The van der Waals surface area contributed by atoms with Gasteiger partial charge in [0, 0.05) is 12.3 Å². The van der Waals surface area contributed by atoms with E-state index < -0.39 is 59.5 Å². The van der Waals surface area contributed by atoms with E-state index in [4.69, 9.17) is 14.2 Å². The number of nitrogens with zero attached hydrogens (tertiary/aromatic N) is 1. The highest BCUT2D eigenvalue weighted by molar-refractivity contribution is 5.82. The monoisotopic (exact) mass is 477 g/mol. The molecule has 5 atom stereocenters. The first-order valence-electron chi connectivity index (χ1n) is 10.5. The number of aromatic amines is 1. The van der Waals surface area contributed by atoms with Crippen LogP contribution < -0.4 is 16.6 Å². The van der Waals surface area contributed by atoms with Crippen molar-refractivity contribution < 1.29 is 34.0 Å². The lowest BCUT2D eigenvalue weighted by Crippen LogP contribution is -2.54. The van der Waals surface area contributed by atoms with Gasteiger partial charge in [0.2, 0.25) is 0 Å². The molecule has 0 spiro atoms. The smallest absolute Gasteiger partial charge is 0.408 e. The van der Waals surface area contributed by atoms with E-state index >= 15 is 0 Å². The van der Waals surface area contributed by atoms with Gasteiger partial charge in [0.25, 0.3) is 5.56 Å². The Balaban J connectivity index is 1.84. The summed E-state index contributed by atoms with van der Waals surface area (Å²) >= 11 is 0. The van der Waals surface area contributed by atoms with E-state index in [-0.39, 0.29) is 6.61 Å². The second-order valence-electron chi connectivity index (χ2n) is 8.71. The molecular weight excluding hydrogens is 450 g/mol. The maximum atomic E-state index is 12.9. The number of carbonyl (C=O) groups excluding carboxylic acids is 2. The topological polar surface area (TPSA) is 169 Å². The number of ether oxygens (including phenoxy) is 3. The van der Waals surface area contributed by atoms with Crippen molar-refractivity contribution in [1.82, 2.24) is 14.9 Å². The fraction of sp³-hybridized carbons (Fsp3) is 0.455. The Hall–Kier alpha value is -3.48. The molecule has 0 radical (unpaired) electrons. The quantitative estimate of drug-likeness (QED) is 0.411. The number of aliphatic hydroxyl groups is 2. The fourth-order valence-corrected chi connectivity index (χ4v) is 3.35. The fourth-order valence-electron chi connectivity index (χ4n) is 3.35. The molecule has 184 valence electrons. The van der Waals surface area contributed by atoms with Crippen LogP contribution in [0, 0.1) is 0 Å². The number of rotatable bonds is 6. The molecule has 1 saturated heterocycles. The molecule has 1 aliphatic heterocycles. The van der Waals surface area contributed by atoms with E-state index in [9.17, 15) is 29.4 Å². The number of aromatic nitrogens is 2. The molecular formula is C22H27N3O9. The molecule has 12 nitrogen and oxygen atoms in total. The second-order valence-corrected chi connectivity index (χ2v) is 8.71. The Bertz CT molecular complexity index is 1120. The van der Waals surface area contributed by atoms with Crippen LogP contribution in [0.1, 0.15) is 32.6 Å². The van der Waals surface area contributed by atoms with Crippen LogP contribution in [0.4, 0.5) is 4.79 Å². The van der Waals surface area contributed by atoms with Crippen molar-refractivity contribution in [1.29, 1.82) is 0 Å². The van der Waals surface area contributed by atoms with Crippen molar-refractivity contribution in [2.75, 3.05) is 0 Å². The van der Waals surface area contributed by atoms with Gasteiger partial charge in [-0.1, -0.05) is 30.3 Å². The van der Waals surface area contributed by atoms with E-state index in [1.54, 1.807) is 51.1 Å². The van der Waals surface area contributed by atoms with Gasteiger partial charge in [-0.3, -0.25) is 14.3 Å². The lowest BCUT2D eigenvalue weighted by molar-refractivity contribution is -0.154. The van der Waals surface area contributed by atoms with E-state index in [0.717, 1.165) is 16.8 Å². The Kier molecular flexibility index (Phi) is 7.54. The molecule has 12 heteroatoms. The van der Waals surface area contributed by atoms with Gasteiger partial charge < -0.3 is 29.7 Å². The van der Waals surface area contributed by atoms with Gasteiger partial charge in [0.05, 0.1) is 0 Å². The summed E-state index contributed by atoms with van der Waals surface area (Å²) in [6.07, 6.45) is -6.23. The number of H-pyrrole nitrogens is 1. The summed E-state index contributed by atoms with van der Waals surface area (Å²) in [6, 6.07) is 8.20. The number of esters is 1. The molecule has 0 bridgehead atoms. The molecule has 1 aromatic heterocycles. The van der Waals surface area contributed by atoms with Crippen LogP contribution in [0.25, 0.3) is 0 Å². The summed E-state index contributed by atoms with van der Waals surface area (Å²) in [5.41, 5.74) is -1.77. The first-order chi connectivity index (χ1) is 16.0. The molecule has 2 heterocycles. The second kappa shape index (κ2) is 10.2. The van der Waals surface area contributed by atoms with Crippen LogP contribution in [0.2, 0.25) is 0 Å². The summed E-state index contributed by atoms with van der Waals surface area (Å²) in [6.45, 7) is 4.75. The van der Waals surface area contributed by atoms with Crippen LogP contribution in [-0.4, -0.2) is 61.8 Å². The van der Waals surface area contributed by atoms with Crippen molar-refractivity contribution in [3.05, 3.63) is 69.0 Å². The van der Waals surface area contributed by atoms with Crippen LogP contribution in [-0.2, 0) is 25.6 Å². The number of amides is 1. The number of carbonyl (C=O) groups is 2. The summed E-state index contributed by atoms with van der Waals surface area (Å²) in [5, 5.41) is 23.5. The number of hydrogen-bond donors (Lipinski definition) is 4. The molecule has 1 aromatic carbocycles. The predicted molar refractivity (Wildman–Crippen MR) is 117 cm³/mol. The molecule has 3 rings (SSSR count). The van der Waals surface area contributed by atoms with Gasteiger partial charge in [-0.25, -0.2) is 14.4 Å². The average Bonchev–Trinajstić information content (AvgIpc) is 3.04. The highest BCUT2D eigenvalue weighted by Gasteiger charge is 2.50. The van der Waals surface area contributed by atoms with E-state index in [0.29, 0.717) is 5.56 Å². The van der Waals surface area contributed by atoms with Crippen LogP contribution in [0.3, 0.4) is 0 Å². The maximum absolute atomic E-state index is 12.9. The molecule has 34 heavy (non-hydrogen) atoms. The van der Waals surface area contributed by atoms with E-state index in [1.807, 2.05) is 4.98 Å². The largest absolute Gasteiger partial charge is 0.459 e. The average molecular weight is 477 g/mol. The zero-order valence-corrected chi connectivity index (χ0v) is 18.8. The SMILES string of the molecule is CC(C)(C)OC(=O)N[C@H](C(=O)OCc1ccccc1)[C@H]1O[C@@H](n2ccc(=O)[nH]c2=O)[C@H](O)[C@@H]1O. The van der Waals surface area contributed by atoms with Gasteiger partial charge in [0.1, 0.15) is 30.5 Å².